The van der Waals surface area contributed by atoms with Gasteiger partial charge in [0.05, 0.1) is 9.08 Å². The van der Waals surface area contributed by atoms with E-state index in [9.17, 15) is 9.18 Å². The molecule has 0 aliphatic carbocycles. The predicted octanol–water partition coefficient (Wildman–Crippen LogP) is 4.90. The number of nitrogens with one attached hydrogen (secondary N) is 1. The molecular weight excluding hydrogens is 365 g/mol. The molecule has 0 unspecified atom stereocenters. The Morgan fingerprint density at radius 1 is 1.33 bits per heavy atom. The molecule has 1 aromatic rings. The van der Waals surface area contributed by atoms with Crippen LogP contribution in [0.2, 0.25) is 0 Å². The Morgan fingerprint density at radius 2 is 1.94 bits per heavy atom. The van der Waals surface area contributed by atoms with Crippen molar-refractivity contribution in [1.82, 2.24) is 0 Å². The van der Waals surface area contributed by atoms with Crippen LogP contribution in [-0.4, -0.2) is 5.91 Å². The summed E-state index contributed by atoms with van der Waals surface area (Å²) in [5, 5.41) is 2.57. The Balaban J connectivity index is 2.94. The summed E-state index contributed by atoms with van der Waals surface area (Å²) in [6.45, 7) is 5.33. The molecule has 0 aromatic heterocycles. The number of hydrogen-bond donors (Lipinski definition) is 1. The highest BCUT2D eigenvalue weighted by Gasteiger charge is 2.22. The molecular formula is C13H14Br2FNO. The smallest absolute Gasteiger partial charge is 0.229 e. The first-order valence-electron chi connectivity index (χ1n) is 5.34. The second-order valence-corrected chi connectivity index (χ2v) is 7.65. The van der Waals surface area contributed by atoms with Gasteiger partial charge in [0, 0.05) is 5.41 Å². The first kappa shape index (κ1) is 15.4. The number of anilines is 1. The fourth-order valence-electron chi connectivity index (χ4n) is 1.16. The van der Waals surface area contributed by atoms with Crippen LogP contribution in [0.4, 0.5) is 10.1 Å². The summed E-state index contributed by atoms with van der Waals surface area (Å²) in [7, 11) is 0. The van der Waals surface area contributed by atoms with Crippen LogP contribution >= 0.6 is 31.9 Å². The molecule has 0 aliphatic rings. The number of amides is 1. The van der Waals surface area contributed by atoms with E-state index in [1.54, 1.807) is 39.0 Å². The number of carbonyl (C=O) groups excluding carboxylic acids is 1. The number of rotatable bonds is 2. The fraction of sp³-hybridized carbons (Fsp3) is 0.308. The van der Waals surface area contributed by atoms with Gasteiger partial charge in [-0.15, -0.1) is 0 Å². The van der Waals surface area contributed by atoms with Crippen LogP contribution in [0.1, 0.15) is 26.3 Å². The molecule has 0 saturated carbocycles. The van der Waals surface area contributed by atoms with Gasteiger partial charge in [-0.1, -0.05) is 26.8 Å². The topological polar surface area (TPSA) is 29.1 Å². The molecule has 5 heteroatoms. The van der Waals surface area contributed by atoms with Crippen molar-refractivity contribution in [2.24, 2.45) is 5.41 Å². The summed E-state index contributed by atoms with van der Waals surface area (Å²) < 4.78 is 14.5. The van der Waals surface area contributed by atoms with Gasteiger partial charge >= 0.3 is 0 Å². The van der Waals surface area contributed by atoms with Crippen molar-refractivity contribution in [3.05, 3.63) is 33.0 Å². The van der Waals surface area contributed by atoms with E-state index in [-0.39, 0.29) is 11.6 Å². The molecule has 0 radical (unpaired) electrons. The molecule has 1 N–H and O–H groups in total. The first-order valence-corrected chi connectivity index (χ1v) is 6.92. The second-order valence-electron chi connectivity index (χ2n) is 4.88. The van der Waals surface area contributed by atoms with E-state index in [2.05, 4.69) is 37.2 Å². The van der Waals surface area contributed by atoms with E-state index >= 15 is 0 Å². The van der Waals surface area contributed by atoms with E-state index in [0.717, 1.165) is 3.39 Å². The number of carbonyl (C=O) groups is 1. The molecule has 0 bridgehead atoms. The lowest BCUT2D eigenvalue weighted by atomic mass is 9.95. The first-order chi connectivity index (χ1) is 8.20. The van der Waals surface area contributed by atoms with Crippen LogP contribution in [0.15, 0.2) is 21.6 Å². The largest absolute Gasteiger partial charge is 0.323 e. The molecule has 0 spiro atoms. The Kier molecular flexibility index (Phi) is 5.10. The Morgan fingerprint density at radius 3 is 2.39 bits per heavy atom. The molecule has 98 valence electrons. The monoisotopic (exact) mass is 377 g/mol. The minimum absolute atomic E-state index is 0.192. The van der Waals surface area contributed by atoms with E-state index in [4.69, 9.17) is 0 Å². The molecule has 1 rings (SSSR count). The predicted molar refractivity (Wildman–Crippen MR) is 80.3 cm³/mol. The molecule has 0 atom stereocenters. The third kappa shape index (κ3) is 4.53. The highest BCUT2D eigenvalue weighted by atomic mass is 79.9. The molecule has 0 saturated heterocycles. The van der Waals surface area contributed by atoms with E-state index < -0.39 is 11.2 Å². The highest BCUT2D eigenvalue weighted by molar-refractivity contribution is 9.28. The van der Waals surface area contributed by atoms with Crippen molar-refractivity contribution in [3.63, 3.8) is 0 Å². The lowest BCUT2D eigenvalue weighted by Crippen LogP contribution is -2.28. The van der Waals surface area contributed by atoms with Crippen LogP contribution in [-0.2, 0) is 4.79 Å². The normalized spacial score (nSPS) is 11.0. The van der Waals surface area contributed by atoms with E-state index in [1.807, 2.05) is 0 Å². The summed E-state index contributed by atoms with van der Waals surface area (Å²) in [6.07, 6.45) is 1.72. The summed E-state index contributed by atoms with van der Waals surface area (Å²) in [5.41, 5.74) is 0.340. The van der Waals surface area contributed by atoms with Gasteiger partial charge in [0.25, 0.3) is 0 Å². The number of benzene rings is 1. The van der Waals surface area contributed by atoms with Gasteiger partial charge in [-0.3, -0.25) is 4.79 Å². The molecule has 1 amide bonds. The molecule has 2 nitrogen and oxygen atoms in total. The van der Waals surface area contributed by atoms with Gasteiger partial charge in [-0.05, 0) is 55.6 Å². The summed E-state index contributed by atoms with van der Waals surface area (Å²) in [5.74, 6) is -0.672. The maximum absolute atomic E-state index is 13.8. The lowest BCUT2D eigenvalue weighted by molar-refractivity contribution is -0.123. The number of halogens is 3. The SMILES string of the molecule is CC(C)(C)C(=O)Nc1ccc(C=C(Br)Br)cc1F. The van der Waals surface area contributed by atoms with Crippen LogP contribution in [0.5, 0.6) is 0 Å². The zero-order valence-corrected chi connectivity index (χ0v) is 13.5. The molecule has 18 heavy (non-hydrogen) atoms. The number of hydrogen-bond acceptors (Lipinski definition) is 1. The third-order valence-corrected chi connectivity index (χ3v) is 2.66. The van der Waals surface area contributed by atoms with Crippen molar-refractivity contribution < 1.29 is 9.18 Å². The van der Waals surface area contributed by atoms with Crippen molar-refractivity contribution in [3.8, 4) is 0 Å². The Bertz CT molecular complexity index is 488. The lowest BCUT2D eigenvalue weighted by Gasteiger charge is -2.18. The van der Waals surface area contributed by atoms with Gasteiger partial charge in [0.15, 0.2) is 0 Å². The van der Waals surface area contributed by atoms with Crippen molar-refractivity contribution >= 4 is 49.5 Å². The molecule has 0 heterocycles. The average molecular weight is 379 g/mol. The molecule has 0 aliphatic heterocycles. The zero-order valence-electron chi connectivity index (χ0n) is 10.4. The van der Waals surface area contributed by atoms with Gasteiger partial charge in [-0.2, -0.15) is 0 Å². The van der Waals surface area contributed by atoms with Crippen molar-refractivity contribution in [2.45, 2.75) is 20.8 Å². The zero-order chi connectivity index (χ0) is 13.9. The third-order valence-electron chi connectivity index (χ3n) is 2.20. The molecule has 1 aromatic carbocycles. The standard InChI is InChI=1S/C13H14Br2FNO/c1-13(2,3)12(18)17-10-5-4-8(6-9(10)16)7-11(14)15/h4-7H,1-3H3,(H,17,18). The minimum atomic E-state index is -0.552. The van der Waals surface area contributed by atoms with E-state index in [1.165, 1.54) is 6.07 Å². The summed E-state index contributed by atoms with van der Waals surface area (Å²) >= 11 is 6.41. The van der Waals surface area contributed by atoms with Crippen LogP contribution in [0.3, 0.4) is 0 Å². The Hall–Kier alpha value is -0.680. The minimum Gasteiger partial charge on any atom is -0.323 e. The molecule has 0 fully saturated rings. The second kappa shape index (κ2) is 5.97. The fourth-order valence-corrected chi connectivity index (χ4v) is 1.69. The highest BCUT2D eigenvalue weighted by Crippen LogP contribution is 2.23. The van der Waals surface area contributed by atoms with Crippen molar-refractivity contribution in [2.75, 3.05) is 5.32 Å². The maximum Gasteiger partial charge on any atom is 0.229 e. The quantitative estimate of drug-likeness (QED) is 0.779. The van der Waals surface area contributed by atoms with Crippen LogP contribution in [0, 0.1) is 11.2 Å². The van der Waals surface area contributed by atoms with Crippen molar-refractivity contribution in [1.29, 1.82) is 0 Å². The van der Waals surface area contributed by atoms with Gasteiger partial charge in [0.2, 0.25) is 5.91 Å². The van der Waals surface area contributed by atoms with Crippen LogP contribution < -0.4 is 5.32 Å². The summed E-state index contributed by atoms with van der Waals surface area (Å²) in [6, 6.07) is 4.64. The van der Waals surface area contributed by atoms with Gasteiger partial charge < -0.3 is 5.32 Å². The van der Waals surface area contributed by atoms with Gasteiger partial charge in [0.1, 0.15) is 5.82 Å². The van der Waals surface area contributed by atoms with Crippen LogP contribution in [0.25, 0.3) is 6.08 Å². The van der Waals surface area contributed by atoms with E-state index in [0.29, 0.717) is 5.56 Å². The summed E-state index contributed by atoms with van der Waals surface area (Å²) in [4.78, 5) is 11.7. The maximum atomic E-state index is 13.8. The Labute approximate surface area is 123 Å². The average Bonchev–Trinajstić information content (AvgIpc) is 2.19. The van der Waals surface area contributed by atoms with Gasteiger partial charge in [-0.25, -0.2) is 4.39 Å².